The molecule has 0 saturated heterocycles. The van der Waals surface area contributed by atoms with Crippen molar-refractivity contribution < 1.29 is 14.7 Å². The van der Waals surface area contributed by atoms with Gasteiger partial charge in [0.15, 0.2) is 0 Å². The third kappa shape index (κ3) is 7.03. The molecule has 0 saturated carbocycles. The van der Waals surface area contributed by atoms with Gasteiger partial charge < -0.3 is 14.9 Å². The zero-order valence-electron chi connectivity index (χ0n) is 13.0. The predicted octanol–water partition coefficient (Wildman–Crippen LogP) is 2.37. The largest absolute Gasteiger partial charge is 0.481 e. The Kier molecular flexibility index (Phi) is 7.49. The third-order valence-corrected chi connectivity index (χ3v) is 2.74. The average Bonchev–Trinajstić information content (AvgIpc) is 2.25. The highest BCUT2D eigenvalue weighted by atomic mass is 16.4. The summed E-state index contributed by atoms with van der Waals surface area (Å²) in [6, 6.07) is -0.0875. The van der Waals surface area contributed by atoms with E-state index in [0.29, 0.717) is 24.9 Å². The van der Waals surface area contributed by atoms with Crippen LogP contribution in [0.2, 0.25) is 0 Å². The molecule has 0 aromatic heterocycles. The van der Waals surface area contributed by atoms with E-state index in [4.69, 9.17) is 5.11 Å². The van der Waals surface area contributed by atoms with Crippen molar-refractivity contribution in [2.75, 3.05) is 26.7 Å². The van der Waals surface area contributed by atoms with Crippen LogP contribution in [-0.4, -0.2) is 53.6 Å². The van der Waals surface area contributed by atoms with E-state index >= 15 is 0 Å². The number of nitrogens with zero attached hydrogens (tertiary/aromatic N) is 2. The van der Waals surface area contributed by atoms with E-state index in [9.17, 15) is 9.59 Å². The number of aliphatic carboxylic acids is 1. The van der Waals surface area contributed by atoms with E-state index in [2.05, 4.69) is 27.7 Å². The lowest BCUT2D eigenvalue weighted by Crippen LogP contribution is -2.46. The third-order valence-electron chi connectivity index (χ3n) is 2.74. The van der Waals surface area contributed by atoms with Crippen LogP contribution in [0.1, 0.15) is 34.6 Å². The maximum atomic E-state index is 12.3. The van der Waals surface area contributed by atoms with E-state index in [-0.39, 0.29) is 12.6 Å². The fourth-order valence-electron chi connectivity index (χ4n) is 1.92. The van der Waals surface area contributed by atoms with Crippen molar-refractivity contribution >= 4 is 12.0 Å². The minimum Gasteiger partial charge on any atom is -0.481 e. The highest BCUT2D eigenvalue weighted by Gasteiger charge is 2.23. The summed E-state index contributed by atoms with van der Waals surface area (Å²) in [5, 5.41) is 8.89. The Bertz CT molecular complexity index is 293. The maximum Gasteiger partial charge on any atom is 0.319 e. The summed E-state index contributed by atoms with van der Waals surface area (Å²) >= 11 is 0. The maximum absolute atomic E-state index is 12.3. The molecule has 0 bridgehead atoms. The first-order valence-corrected chi connectivity index (χ1v) is 6.88. The van der Waals surface area contributed by atoms with Crippen molar-refractivity contribution in [1.29, 1.82) is 0 Å². The Labute approximate surface area is 116 Å². The highest BCUT2D eigenvalue weighted by molar-refractivity contribution is 5.76. The lowest BCUT2D eigenvalue weighted by molar-refractivity contribution is -0.141. The van der Waals surface area contributed by atoms with Crippen LogP contribution in [0.4, 0.5) is 4.79 Å². The fourth-order valence-corrected chi connectivity index (χ4v) is 1.92. The second-order valence-corrected chi connectivity index (χ2v) is 6.10. The van der Waals surface area contributed by atoms with Gasteiger partial charge in [0.05, 0.1) is 5.92 Å². The van der Waals surface area contributed by atoms with E-state index in [0.717, 1.165) is 0 Å². The molecule has 0 fully saturated rings. The first kappa shape index (κ1) is 17.7. The van der Waals surface area contributed by atoms with E-state index < -0.39 is 11.9 Å². The Morgan fingerprint density at radius 3 is 1.68 bits per heavy atom. The molecular weight excluding hydrogens is 244 g/mol. The second kappa shape index (κ2) is 8.02. The molecule has 0 aliphatic carbocycles. The van der Waals surface area contributed by atoms with Crippen molar-refractivity contribution in [1.82, 2.24) is 9.80 Å². The summed E-state index contributed by atoms with van der Waals surface area (Å²) in [5.74, 6) is -0.631. The number of carboxylic acid groups (broad SMARTS) is 1. The number of hydrogen-bond donors (Lipinski definition) is 1. The first-order valence-electron chi connectivity index (χ1n) is 6.88. The molecule has 0 aliphatic heterocycles. The molecule has 0 aromatic rings. The number of carbonyl (C=O) groups excluding carboxylic acids is 1. The van der Waals surface area contributed by atoms with Crippen LogP contribution >= 0.6 is 0 Å². The van der Waals surface area contributed by atoms with Crippen LogP contribution < -0.4 is 0 Å². The minimum absolute atomic E-state index is 0.0875. The summed E-state index contributed by atoms with van der Waals surface area (Å²) in [7, 11) is 1.66. The van der Waals surface area contributed by atoms with Gasteiger partial charge in [-0.1, -0.05) is 34.6 Å². The van der Waals surface area contributed by atoms with Crippen molar-refractivity contribution in [3.63, 3.8) is 0 Å². The van der Waals surface area contributed by atoms with Crippen molar-refractivity contribution in [3.8, 4) is 0 Å². The average molecular weight is 272 g/mol. The molecule has 19 heavy (non-hydrogen) atoms. The topological polar surface area (TPSA) is 60.9 Å². The molecule has 0 radical (unpaired) electrons. The van der Waals surface area contributed by atoms with Crippen LogP contribution in [0.3, 0.4) is 0 Å². The van der Waals surface area contributed by atoms with Gasteiger partial charge in [0.2, 0.25) is 0 Å². The van der Waals surface area contributed by atoms with Crippen LogP contribution in [0, 0.1) is 17.8 Å². The standard InChI is InChI=1S/C14H28N2O3/c1-10(2)7-16(8-11(3)4)14(19)15(6)9-12(5)13(17)18/h10-12H,7-9H2,1-6H3,(H,17,18). The molecule has 5 nitrogen and oxygen atoms in total. The Morgan fingerprint density at radius 2 is 1.37 bits per heavy atom. The Morgan fingerprint density at radius 1 is 0.947 bits per heavy atom. The number of carbonyl (C=O) groups is 2. The van der Waals surface area contributed by atoms with Crippen LogP contribution in [0.5, 0.6) is 0 Å². The Balaban J connectivity index is 4.63. The molecule has 0 heterocycles. The van der Waals surface area contributed by atoms with Gasteiger partial charge in [0.1, 0.15) is 0 Å². The highest BCUT2D eigenvalue weighted by Crippen LogP contribution is 2.08. The lowest BCUT2D eigenvalue weighted by Gasteiger charge is -2.31. The van der Waals surface area contributed by atoms with Crippen molar-refractivity contribution in [2.45, 2.75) is 34.6 Å². The van der Waals surface area contributed by atoms with Crippen molar-refractivity contribution in [2.24, 2.45) is 17.8 Å². The quantitative estimate of drug-likeness (QED) is 0.774. The van der Waals surface area contributed by atoms with Gasteiger partial charge in [-0.2, -0.15) is 0 Å². The minimum atomic E-state index is -0.876. The molecule has 1 N–H and O–H groups in total. The predicted molar refractivity (Wildman–Crippen MR) is 76.1 cm³/mol. The number of rotatable bonds is 7. The SMILES string of the molecule is CC(C)CN(CC(C)C)C(=O)N(C)CC(C)C(=O)O. The molecule has 0 aromatic carbocycles. The van der Waals surface area contributed by atoms with E-state index in [1.54, 1.807) is 14.0 Å². The monoisotopic (exact) mass is 272 g/mol. The van der Waals surface area contributed by atoms with Crippen LogP contribution in [-0.2, 0) is 4.79 Å². The van der Waals surface area contributed by atoms with E-state index in [1.165, 1.54) is 4.90 Å². The van der Waals surface area contributed by atoms with Gasteiger partial charge in [0.25, 0.3) is 0 Å². The van der Waals surface area contributed by atoms with Gasteiger partial charge in [-0.25, -0.2) is 4.79 Å². The summed E-state index contributed by atoms with van der Waals surface area (Å²) in [6.07, 6.45) is 0. The first-order chi connectivity index (χ1) is 8.65. The summed E-state index contributed by atoms with van der Waals surface area (Å²) in [5.41, 5.74) is 0. The van der Waals surface area contributed by atoms with Gasteiger partial charge in [-0.15, -0.1) is 0 Å². The number of amides is 2. The molecule has 5 heteroatoms. The number of urea groups is 1. The molecule has 0 rings (SSSR count). The molecule has 0 aliphatic rings. The lowest BCUT2D eigenvalue weighted by atomic mass is 10.1. The van der Waals surface area contributed by atoms with E-state index in [1.807, 2.05) is 4.90 Å². The zero-order valence-corrected chi connectivity index (χ0v) is 13.0. The van der Waals surface area contributed by atoms with Gasteiger partial charge in [-0.05, 0) is 11.8 Å². The smallest absolute Gasteiger partial charge is 0.319 e. The summed E-state index contributed by atoms with van der Waals surface area (Å²) in [4.78, 5) is 26.5. The fraction of sp³-hybridized carbons (Fsp3) is 0.857. The summed E-state index contributed by atoms with van der Waals surface area (Å²) in [6.45, 7) is 11.5. The second-order valence-electron chi connectivity index (χ2n) is 6.10. The molecule has 112 valence electrons. The molecule has 1 unspecified atom stereocenters. The van der Waals surface area contributed by atoms with Gasteiger partial charge in [-0.3, -0.25) is 4.79 Å². The molecule has 2 amide bonds. The van der Waals surface area contributed by atoms with Gasteiger partial charge in [0, 0.05) is 26.7 Å². The van der Waals surface area contributed by atoms with Crippen molar-refractivity contribution in [3.05, 3.63) is 0 Å². The Hall–Kier alpha value is -1.26. The molecular formula is C14H28N2O3. The molecule has 0 spiro atoms. The number of carboxylic acids is 1. The molecule has 1 atom stereocenters. The zero-order chi connectivity index (χ0) is 15.2. The normalized spacial score (nSPS) is 12.6. The van der Waals surface area contributed by atoms with Gasteiger partial charge >= 0.3 is 12.0 Å². The van der Waals surface area contributed by atoms with Crippen LogP contribution in [0.15, 0.2) is 0 Å². The van der Waals surface area contributed by atoms with Crippen LogP contribution in [0.25, 0.3) is 0 Å². The number of hydrogen-bond acceptors (Lipinski definition) is 2. The summed E-state index contributed by atoms with van der Waals surface area (Å²) < 4.78 is 0.